The van der Waals surface area contributed by atoms with Crippen molar-refractivity contribution >= 4 is 11.6 Å². The zero-order chi connectivity index (χ0) is 13.6. The summed E-state index contributed by atoms with van der Waals surface area (Å²) in [4.78, 5) is 12.5. The van der Waals surface area contributed by atoms with Crippen LogP contribution in [0.5, 0.6) is 5.75 Å². The molecule has 0 radical (unpaired) electrons. The number of fused-ring (bicyclic) bond motifs is 2. The maximum Gasteiger partial charge on any atom is 0.236 e. The number of hydrogen-bond acceptors (Lipinski definition) is 3. The molecule has 2 unspecified atom stereocenters. The molecule has 2 aliphatic rings. The molecular formula is C15H20N2O2. The molecule has 2 heterocycles. The second-order valence-electron chi connectivity index (χ2n) is 6.04. The van der Waals surface area contributed by atoms with Gasteiger partial charge in [0.05, 0.1) is 5.41 Å². The van der Waals surface area contributed by atoms with Gasteiger partial charge in [-0.25, -0.2) is 0 Å². The van der Waals surface area contributed by atoms with Crippen LogP contribution in [0, 0.1) is 5.92 Å². The fourth-order valence-electron chi connectivity index (χ4n) is 3.52. The monoisotopic (exact) mass is 260 g/mol. The summed E-state index contributed by atoms with van der Waals surface area (Å²) >= 11 is 0. The lowest BCUT2D eigenvalue weighted by Crippen LogP contribution is -2.46. The highest BCUT2D eigenvalue weighted by Crippen LogP contribution is 2.47. The Morgan fingerprint density at radius 3 is 3.00 bits per heavy atom. The highest BCUT2D eigenvalue weighted by Gasteiger charge is 2.54. The van der Waals surface area contributed by atoms with Gasteiger partial charge in [-0.05, 0) is 36.9 Å². The largest absolute Gasteiger partial charge is 0.508 e. The van der Waals surface area contributed by atoms with Gasteiger partial charge in [-0.1, -0.05) is 19.9 Å². The Bertz CT molecular complexity index is 527. The minimum atomic E-state index is -0.451. The van der Waals surface area contributed by atoms with E-state index in [2.05, 4.69) is 24.5 Å². The van der Waals surface area contributed by atoms with Crippen molar-refractivity contribution < 1.29 is 9.90 Å². The Morgan fingerprint density at radius 1 is 1.47 bits per heavy atom. The number of phenolic OH excluding ortho intramolecular Hbond substituents is 1. The smallest absolute Gasteiger partial charge is 0.236 e. The summed E-state index contributed by atoms with van der Waals surface area (Å²) in [6, 6.07) is 5.39. The summed E-state index contributed by atoms with van der Waals surface area (Å²) in [5.74, 6) is 0.813. The van der Waals surface area contributed by atoms with Gasteiger partial charge in [0.15, 0.2) is 0 Å². The van der Waals surface area contributed by atoms with E-state index in [1.807, 2.05) is 6.07 Å². The van der Waals surface area contributed by atoms with Crippen LogP contribution >= 0.6 is 0 Å². The third kappa shape index (κ3) is 1.74. The molecule has 4 heteroatoms. The molecular weight excluding hydrogens is 240 g/mol. The summed E-state index contributed by atoms with van der Waals surface area (Å²) in [7, 11) is 0. The summed E-state index contributed by atoms with van der Waals surface area (Å²) < 4.78 is 0. The quantitative estimate of drug-likeness (QED) is 0.762. The number of carbonyl (C=O) groups excluding carboxylic acids is 1. The zero-order valence-corrected chi connectivity index (χ0v) is 11.4. The van der Waals surface area contributed by atoms with Gasteiger partial charge in [-0.3, -0.25) is 4.79 Å². The lowest BCUT2D eigenvalue weighted by molar-refractivity contribution is -0.121. The summed E-state index contributed by atoms with van der Waals surface area (Å²) in [5.41, 5.74) is 1.35. The van der Waals surface area contributed by atoms with Crippen LogP contribution in [0.15, 0.2) is 18.2 Å². The molecule has 1 saturated heterocycles. The van der Waals surface area contributed by atoms with Crippen molar-refractivity contribution in [3.05, 3.63) is 23.8 Å². The Kier molecular flexibility index (Phi) is 2.78. The van der Waals surface area contributed by atoms with Crippen LogP contribution in [-0.4, -0.2) is 23.6 Å². The average Bonchev–Trinajstić information content (AvgIpc) is 2.84. The molecule has 1 amide bonds. The van der Waals surface area contributed by atoms with Gasteiger partial charge in [0, 0.05) is 17.8 Å². The Morgan fingerprint density at radius 2 is 2.26 bits per heavy atom. The number of hydrogen-bond donors (Lipinski definition) is 3. The first kappa shape index (κ1) is 12.5. The second-order valence-corrected chi connectivity index (χ2v) is 6.04. The lowest BCUT2D eigenvalue weighted by atomic mass is 9.73. The van der Waals surface area contributed by atoms with E-state index in [4.69, 9.17) is 0 Å². The molecule has 19 heavy (non-hydrogen) atoms. The number of aromatic hydroxyl groups is 1. The molecule has 1 fully saturated rings. The van der Waals surface area contributed by atoms with Crippen molar-refractivity contribution in [1.82, 2.24) is 5.32 Å². The fraction of sp³-hybridized carbons (Fsp3) is 0.533. The third-order valence-electron chi connectivity index (χ3n) is 4.35. The minimum Gasteiger partial charge on any atom is -0.508 e. The summed E-state index contributed by atoms with van der Waals surface area (Å²) in [5, 5.41) is 16.0. The number of rotatable bonds is 2. The highest BCUT2D eigenvalue weighted by molar-refractivity contribution is 6.07. The molecule has 3 rings (SSSR count). The van der Waals surface area contributed by atoms with E-state index in [0.717, 1.165) is 30.6 Å². The molecule has 4 nitrogen and oxygen atoms in total. The number of phenols is 1. The Labute approximate surface area is 113 Å². The summed E-state index contributed by atoms with van der Waals surface area (Å²) in [6.45, 7) is 5.22. The highest BCUT2D eigenvalue weighted by atomic mass is 16.3. The standard InChI is InChI=1S/C15H20N2O2/c1-9(2)7-13-15(5-6-16-13)11-4-3-10(18)8-12(11)17-14(15)19/h3-4,8-9,13,16,18H,5-7H2,1-2H3,(H,17,19). The zero-order valence-electron chi connectivity index (χ0n) is 11.4. The van der Waals surface area contributed by atoms with Crippen molar-refractivity contribution in [2.75, 3.05) is 11.9 Å². The van der Waals surface area contributed by atoms with E-state index in [1.54, 1.807) is 12.1 Å². The average molecular weight is 260 g/mol. The van der Waals surface area contributed by atoms with E-state index in [0.29, 0.717) is 5.92 Å². The van der Waals surface area contributed by atoms with Gasteiger partial charge in [-0.2, -0.15) is 0 Å². The molecule has 0 aromatic heterocycles. The predicted molar refractivity (Wildman–Crippen MR) is 74.3 cm³/mol. The molecule has 1 aromatic rings. The van der Waals surface area contributed by atoms with E-state index in [-0.39, 0.29) is 17.7 Å². The number of carbonyl (C=O) groups is 1. The normalized spacial score (nSPS) is 29.0. The number of nitrogens with one attached hydrogen (secondary N) is 2. The number of amides is 1. The van der Waals surface area contributed by atoms with Crippen LogP contribution < -0.4 is 10.6 Å². The van der Waals surface area contributed by atoms with Gasteiger partial charge < -0.3 is 15.7 Å². The van der Waals surface area contributed by atoms with Gasteiger partial charge in [-0.15, -0.1) is 0 Å². The molecule has 0 bridgehead atoms. The first-order valence-corrected chi connectivity index (χ1v) is 6.92. The molecule has 1 spiro atoms. The first-order valence-electron chi connectivity index (χ1n) is 6.92. The van der Waals surface area contributed by atoms with Crippen LogP contribution in [0.2, 0.25) is 0 Å². The van der Waals surface area contributed by atoms with Crippen LogP contribution in [0.25, 0.3) is 0 Å². The van der Waals surface area contributed by atoms with E-state index in [1.165, 1.54) is 0 Å². The van der Waals surface area contributed by atoms with E-state index in [9.17, 15) is 9.90 Å². The van der Waals surface area contributed by atoms with Crippen molar-refractivity contribution in [3.63, 3.8) is 0 Å². The van der Waals surface area contributed by atoms with Crippen molar-refractivity contribution in [2.24, 2.45) is 5.92 Å². The van der Waals surface area contributed by atoms with Crippen LogP contribution in [-0.2, 0) is 10.2 Å². The molecule has 2 aliphatic heterocycles. The van der Waals surface area contributed by atoms with Crippen molar-refractivity contribution in [2.45, 2.75) is 38.1 Å². The molecule has 102 valence electrons. The van der Waals surface area contributed by atoms with Gasteiger partial charge in [0.1, 0.15) is 5.75 Å². The molecule has 2 atom stereocenters. The topological polar surface area (TPSA) is 61.4 Å². The lowest BCUT2D eigenvalue weighted by Gasteiger charge is -2.30. The second kappa shape index (κ2) is 4.23. The summed E-state index contributed by atoms with van der Waals surface area (Å²) in [6.07, 6.45) is 1.81. The predicted octanol–water partition coefficient (Wildman–Crippen LogP) is 1.99. The van der Waals surface area contributed by atoms with Gasteiger partial charge in [0.25, 0.3) is 0 Å². The van der Waals surface area contributed by atoms with Crippen LogP contribution in [0.1, 0.15) is 32.3 Å². The SMILES string of the molecule is CC(C)CC1NCCC12C(=O)Nc1cc(O)ccc12. The molecule has 1 aromatic carbocycles. The van der Waals surface area contributed by atoms with Gasteiger partial charge in [0.2, 0.25) is 5.91 Å². The van der Waals surface area contributed by atoms with Crippen LogP contribution in [0.4, 0.5) is 5.69 Å². The third-order valence-corrected chi connectivity index (χ3v) is 4.35. The van der Waals surface area contributed by atoms with Gasteiger partial charge >= 0.3 is 0 Å². The minimum absolute atomic E-state index is 0.0729. The van der Waals surface area contributed by atoms with Crippen molar-refractivity contribution in [1.29, 1.82) is 0 Å². The Balaban J connectivity index is 2.06. The fourth-order valence-corrected chi connectivity index (χ4v) is 3.52. The number of benzene rings is 1. The molecule has 0 saturated carbocycles. The Hall–Kier alpha value is -1.55. The maximum atomic E-state index is 12.5. The van der Waals surface area contributed by atoms with Crippen LogP contribution in [0.3, 0.4) is 0 Å². The number of anilines is 1. The van der Waals surface area contributed by atoms with Crippen molar-refractivity contribution in [3.8, 4) is 5.75 Å². The first-order chi connectivity index (χ1) is 9.04. The maximum absolute atomic E-state index is 12.5. The molecule has 0 aliphatic carbocycles. The molecule has 3 N–H and O–H groups in total. The van der Waals surface area contributed by atoms with E-state index < -0.39 is 5.41 Å². The van der Waals surface area contributed by atoms with E-state index >= 15 is 0 Å².